The van der Waals surface area contributed by atoms with Gasteiger partial charge in [-0.05, 0) is 48.6 Å². The number of fused-ring (bicyclic) bond motifs is 3. The molecule has 0 heterocycles. The molecule has 36 heavy (non-hydrogen) atoms. The van der Waals surface area contributed by atoms with E-state index in [2.05, 4.69) is 4.74 Å². The van der Waals surface area contributed by atoms with Crippen LogP contribution in [0.15, 0.2) is 12.1 Å². The SMILES string of the molecule is [B]Cc1cc(C[B])c(OC(=O)C2C3CCC(CC3)C2C(=O)OC(CS(=O)(=O)O)C(F)(F)F)c(C[B])c1. The van der Waals surface area contributed by atoms with Gasteiger partial charge < -0.3 is 9.47 Å². The number of alkyl halides is 3. The Labute approximate surface area is 211 Å². The Morgan fingerprint density at radius 2 is 1.42 bits per heavy atom. The molecule has 0 saturated heterocycles. The summed E-state index contributed by atoms with van der Waals surface area (Å²) in [5, 5.41) is 0. The highest BCUT2D eigenvalue weighted by atomic mass is 32.2. The van der Waals surface area contributed by atoms with Crippen LogP contribution in [0, 0.1) is 23.7 Å². The number of halogens is 3. The van der Waals surface area contributed by atoms with Crippen LogP contribution in [0.4, 0.5) is 13.2 Å². The highest BCUT2D eigenvalue weighted by molar-refractivity contribution is 7.85. The summed E-state index contributed by atoms with van der Waals surface area (Å²) >= 11 is 0. The van der Waals surface area contributed by atoms with Crippen molar-refractivity contribution in [1.29, 1.82) is 0 Å². The summed E-state index contributed by atoms with van der Waals surface area (Å²) in [6, 6.07) is 3.31. The molecule has 3 unspecified atom stereocenters. The van der Waals surface area contributed by atoms with E-state index in [1.54, 1.807) is 12.1 Å². The Kier molecular flexibility index (Phi) is 8.91. The number of hydrogen-bond donors (Lipinski definition) is 1. The summed E-state index contributed by atoms with van der Waals surface area (Å²) in [4.78, 5) is 26.3. The summed E-state index contributed by atoms with van der Waals surface area (Å²) in [6.07, 6.45) is -6.00. The van der Waals surface area contributed by atoms with Crippen molar-refractivity contribution in [3.8, 4) is 5.75 Å². The highest BCUT2D eigenvalue weighted by Gasteiger charge is 2.54. The molecule has 6 radical (unpaired) electrons. The Hall–Kier alpha value is -1.95. The monoisotopic (exact) mass is 522 g/mol. The maximum Gasteiger partial charge on any atom is 0.426 e. The van der Waals surface area contributed by atoms with Crippen LogP contribution in [0.5, 0.6) is 5.75 Å². The topological polar surface area (TPSA) is 107 Å². The molecule has 3 fully saturated rings. The zero-order chi connectivity index (χ0) is 26.8. The van der Waals surface area contributed by atoms with Crippen LogP contribution in [-0.2, 0) is 43.4 Å². The van der Waals surface area contributed by atoms with E-state index in [1.807, 2.05) is 0 Å². The first kappa shape index (κ1) is 28.6. The molecule has 3 atom stereocenters. The zero-order valence-electron chi connectivity index (χ0n) is 19.4. The van der Waals surface area contributed by atoms with Crippen molar-refractivity contribution in [3.05, 3.63) is 28.8 Å². The Balaban J connectivity index is 1.90. The van der Waals surface area contributed by atoms with Gasteiger partial charge in [0.25, 0.3) is 10.1 Å². The van der Waals surface area contributed by atoms with Crippen molar-refractivity contribution in [2.45, 2.75) is 56.9 Å². The Morgan fingerprint density at radius 1 is 0.944 bits per heavy atom. The predicted molar refractivity (Wildman–Crippen MR) is 125 cm³/mol. The number of benzene rings is 1. The third-order valence-corrected chi connectivity index (χ3v) is 7.65. The van der Waals surface area contributed by atoms with E-state index in [-0.39, 0.29) is 30.6 Å². The number of ether oxygens (including phenoxy) is 2. The van der Waals surface area contributed by atoms with E-state index < -0.39 is 57.8 Å². The van der Waals surface area contributed by atoms with Gasteiger partial charge in [0.2, 0.25) is 6.10 Å². The lowest BCUT2D eigenvalue weighted by Gasteiger charge is -2.46. The first-order valence-electron chi connectivity index (χ1n) is 11.5. The summed E-state index contributed by atoms with van der Waals surface area (Å²) in [5.41, 5.74) is 1.63. The normalized spacial score (nSPS) is 24.8. The number of carbonyl (C=O) groups excluding carboxylic acids is 2. The minimum atomic E-state index is -5.24. The lowest BCUT2D eigenvalue weighted by atomic mass is 9.58. The number of carbonyl (C=O) groups is 2. The second kappa shape index (κ2) is 11.2. The predicted octanol–water partition coefficient (Wildman–Crippen LogP) is 2.01. The molecule has 7 nitrogen and oxygen atoms in total. The van der Waals surface area contributed by atoms with Crippen LogP contribution in [0.3, 0.4) is 0 Å². The van der Waals surface area contributed by atoms with E-state index >= 15 is 0 Å². The fourth-order valence-corrected chi connectivity index (χ4v) is 5.92. The summed E-state index contributed by atoms with van der Waals surface area (Å²) in [7, 11) is 12.2. The van der Waals surface area contributed by atoms with Gasteiger partial charge in [0, 0.05) is 0 Å². The number of hydrogen-bond acceptors (Lipinski definition) is 6. The minimum absolute atomic E-state index is 0.00542. The van der Waals surface area contributed by atoms with Gasteiger partial charge in [0.15, 0.2) is 0 Å². The van der Waals surface area contributed by atoms with Crippen molar-refractivity contribution in [1.82, 2.24) is 0 Å². The molecule has 0 aliphatic heterocycles. The third kappa shape index (κ3) is 6.48. The van der Waals surface area contributed by atoms with Crippen LogP contribution >= 0.6 is 0 Å². The Bertz CT molecular complexity index is 1060. The van der Waals surface area contributed by atoms with Gasteiger partial charge in [-0.2, -0.15) is 21.6 Å². The highest BCUT2D eigenvalue weighted by Crippen LogP contribution is 2.50. The van der Waals surface area contributed by atoms with Crippen LogP contribution in [0.2, 0.25) is 0 Å². The van der Waals surface area contributed by atoms with Crippen LogP contribution < -0.4 is 4.74 Å². The fraction of sp³-hybridized carbons (Fsp3) is 0.636. The van der Waals surface area contributed by atoms with Gasteiger partial charge in [-0.25, -0.2) is 0 Å². The molecule has 4 rings (SSSR count). The Morgan fingerprint density at radius 3 is 1.81 bits per heavy atom. The van der Waals surface area contributed by atoms with Crippen LogP contribution in [0.25, 0.3) is 0 Å². The molecule has 3 aliphatic rings. The standard InChI is InChI=1S/C22H24B3F3O7S/c23-7-11-5-14(8-24)19(15(6-11)9-25)35-21(30)18-13-3-1-12(2-4-13)17(18)20(29)34-16(22(26,27)28)10-36(31,32)33/h5-6,12-13,16-18H,1-4,7-10H2,(H,31,32,33). The molecular formula is C22H24B3F3O7S. The molecule has 2 bridgehead atoms. The van der Waals surface area contributed by atoms with Gasteiger partial charge in [0.1, 0.15) is 11.5 Å². The average molecular weight is 522 g/mol. The summed E-state index contributed by atoms with van der Waals surface area (Å²) in [5.74, 6) is -7.04. The van der Waals surface area contributed by atoms with E-state index in [4.69, 9.17) is 32.8 Å². The first-order chi connectivity index (χ1) is 16.8. The zero-order valence-corrected chi connectivity index (χ0v) is 20.2. The maximum atomic E-state index is 13.4. The molecule has 0 spiro atoms. The van der Waals surface area contributed by atoms with Crippen molar-refractivity contribution < 1.29 is 45.2 Å². The van der Waals surface area contributed by atoms with Gasteiger partial charge in [-0.15, -0.1) is 0 Å². The van der Waals surface area contributed by atoms with E-state index in [0.29, 0.717) is 42.4 Å². The van der Waals surface area contributed by atoms with Crippen molar-refractivity contribution >= 4 is 45.6 Å². The van der Waals surface area contributed by atoms with Gasteiger partial charge in [-0.3, -0.25) is 14.1 Å². The van der Waals surface area contributed by atoms with Crippen LogP contribution in [0.1, 0.15) is 42.4 Å². The van der Waals surface area contributed by atoms with Crippen LogP contribution in [-0.4, -0.2) is 66.5 Å². The second-order valence-electron chi connectivity index (χ2n) is 9.22. The van der Waals surface area contributed by atoms with Crippen molar-refractivity contribution in [3.63, 3.8) is 0 Å². The smallest absolute Gasteiger partial charge is 0.426 e. The lowest BCUT2D eigenvalue weighted by molar-refractivity contribution is -0.222. The van der Waals surface area contributed by atoms with Crippen molar-refractivity contribution in [2.75, 3.05) is 5.75 Å². The summed E-state index contributed by atoms with van der Waals surface area (Å²) in [6.45, 7) is 0. The molecule has 1 aromatic rings. The number of esters is 2. The molecule has 0 amide bonds. The molecule has 3 saturated carbocycles. The van der Waals surface area contributed by atoms with E-state index in [0.717, 1.165) is 0 Å². The quantitative estimate of drug-likeness (QED) is 0.229. The van der Waals surface area contributed by atoms with E-state index in [1.165, 1.54) is 0 Å². The molecule has 0 aromatic heterocycles. The molecule has 1 N–H and O–H groups in total. The molecule has 190 valence electrons. The molecular weight excluding hydrogens is 498 g/mol. The second-order valence-corrected chi connectivity index (χ2v) is 10.7. The number of rotatable bonds is 9. The third-order valence-electron chi connectivity index (χ3n) is 6.93. The van der Waals surface area contributed by atoms with Crippen molar-refractivity contribution in [2.24, 2.45) is 23.7 Å². The maximum absolute atomic E-state index is 13.4. The summed E-state index contributed by atoms with van der Waals surface area (Å²) < 4.78 is 81.4. The lowest BCUT2D eigenvalue weighted by Crippen LogP contribution is -2.51. The molecule has 3 aliphatic carbocycles. The fourth-order valence-electron chi connectivity index (χ4n) is 5.28. The molecule has 14 heteroatoms. The van der Waals surface area contributed by atoms with Gasteiger partial charge >= 0.3 is 18.1 Å². The minimum Gasteiger partial charge on any atom is -0.451 e. The molecule has 1 aromatic carbocycles. The van der Waals surface area contributed by atoms with Gasteiger partial charge in [0.05, 0.1) is 35.4 Å². The van der Waals surface area contributed by atoms with E-state index in [9.17, 15) is 31.2 Å². The average Bonchev–Trinajstić information content (AvgIpc) is 2.82. The first-order valence-corrected chi connectivity index (χ1v) is 13.1. The van der Waals surface area contributed by atoms with Gasteiger partial charge in [-0.1, -0.05) is 36.7 Å². The largest absolute Gasteiger partial charge is 0.451 e.